The standard InChI is InChI=1S/C25H20N4O5/c1-16-13-19(14-26-20-5-3-18(4-6-20)25(30)31)17(2)28(16)21-7-10-23(11-8-21)34-24-12-9-22(15-27-24)29(32)33/h3-15H,1-2H3,(H,30,31). The van der Waals surface area contributed by atoms with Crippen molar-refractivity contribution in [1.82, 2.24) is 9.55 Å². The number of carboxylic acid groups (broad SMARTS) is 1. The molecule has 0 saturated heterocycles. The molecule has 0 aliphatic rings. The lowest BCUT2D eigenvalue weighted by molar-refractivity contribution is -0.385. The Hall–Kier alpha value is -4.79. The van der Waals surface area contributed by atoms with E-state index in [1.54, 1.807) is 30.5 Å². The van der Waals surface area contributed by atoms with Gasteiger partial charge in [0.1, 0.15) is 11.9 Å². The SMILES string of the molecule is Cc1cc(C=Nc2ccc(C(=O)O)cc2)c(C)n1-c1ccc(Oc2ccc([N+](=O)[O-])cn2)cc1. The van der Waals surface area contributed by atoms with Crippen LogP contribution in [0.4, 0.5) is 11.4 Å². The van der Waals surface area contributed by atoms with Crippen LogP contribution in [0.15, 0.2) is 77.9 Å². The van der Waals surface area contributed by atoms with Crippen LogP contribution in [-0.2, 0) is 0 Å². The van der Waals surface area contributed by atoms with Gasteiger partial charge in [0, 0.05) is 41.0 Å². The summed E-state index contributed by atoms with van der Waals surface area (Å²) in [5, 5.41) is 19.7. The van der Waals surface area contributed by atoms with E-state index in [0.717, 1.165) is 28.8 Å². The highest BCUT2D eigenvalue weighted by molar-refractivity contribution is 5.88. The molecule has 2 aromatic heterocycles. The van der Waals surface area contributed by atoms with Crippen LogP contribution in [-0.4, -0.2) is 31.8 Å². The number of nitro groups is 1. The summed E-state index contributed by atoms with van der Waals surface area (Å²) in [6.45, 7) is 3.99. The number of aromatic nitrogens is 2. The molecule has 2 heterocycles. The van der Waals surface area contributed by atoms with Gasteiger partial charge >= 0.3 is 5.97 Å². The molecule has 0 radical (unpaired) electrons. The van der Waals surface area contributed by atoms with Gasteiger partial charge in [-0.05, 0) is 68.4 Å². The number of rotatable bonds is 7. The van der Waals surface area contributed by atoms with Crippen LogP contribution in [0, 0.1) is 24.0 Å². The summed E-state index contributed by atoms with van der Waals surface area (Å²) in [5.41, 5.74) is 4.67. The highest BCUT2D eigenvalue weighted by Crippen LogP contribution is 2.25. The van der Waals surface area contributed by atoms with Gasteiger partial charge in [0.15, 0.2) is 0 Å². The second-order valence-electron chi connectivity index (χ2n) is 7.48. The fourth-order valence-corrected chi connectivity index (χ4v) is 3.47. The third kappa shape index (κ3) is 4.83. The minimum absolute atomic E-state index is 0.0992. The van der Waals surface area contributed by atoms with Gasteiger partial charge in [0.25, 0.3) is 5.69 Å². The predicted octanol–water partition coefficient (Wildman–Crippen LogP) is 5.64. The number of benzene rings is 2. The van der Waals surface area contributed by atoms with Crippen molar-refractivity contribution in [2.75, 3.05) is 0 Å². The summed E-state index contributed by atoms with van der Waals surface area (Å²) >= 11 is 0. The maximum absolute atomic E-state index is 11.0. The number of aromatic carboxylic acids is 1. The number of hydrogen-bond acceptors (Lipinski definition) is 6. The lowest BCUT2D eigenvalue weighted by Crippen LogP contribution is -1.99. The smallest absolute Gasteiger partial charge is 0.335 e. The Balaban J connectivity index is 1.51. The van der Waals surface area contributed by atoms with Gasteiger partial charge in [-0.3, -0.25) is 15.1 Å². The zero-order valence-corrected chi connectivity index (χ0v) is 18.4. The van der Waals surface area contributed by atoms with Crippen LogP contribution in [0.5, 0.6) is 11.6 Å². The van der Waals surface area contributed by atoms with Gasteiger partial charge in [-0.25, -0.2) is 9.78 Å². The molecule has 9 heteroatoms. The minimum atomic E-state index is -0.973. The molecule has 0 aliphatic carbocycles. The molecule has 0 fully saturated rings. The highest BCUT2D eigenvalue weighted by Gasteiger charge is 2.11. The van der Waals surface area contributed by atoms with Crippen molar-refractivity contribution < 1.29 is 19.6 Å². The molecule has 2 aromatic carbocycles. The molecule has 0 bridgehead atoms. The molecular formula is C25H20N4O5. The lowest BCUT2D eigenvalue weighted by Gasteiger charge is -2.11. The third-order valence-electron chi connectivity index (χ3n) is 5.19. The van der Waals surface area contributed by atoms with E-state index >= 15 is 0 Å². The quantitative estimate of drug-likeness (QED) is 0.218. The minimum Gasteiger partial charge on any atom is -0.478 e. The van der Waals surface area contributed by atoms with Crippen LogP contribution in [0.2, 0.25) is 0 Å². The number of aryl methyl sites for hydroxylation is 1. The van der Waals surface area contributed by atoms with Crippen LogP contribution >= 0.6 is 0 Å². The number of carbonyl (C=O) groups is 1. The summed E-state index contributed by atoms with van der Waals surface area (Å²) in [6, 6.07) is 18.6. The Morgan fingerprint density at radius 2 is 1.79 bits per heavy atom. The zero-order valence-electron chi connectivity index (χ0n) is 18.4. The molecule has 0 atom stereocenters. The molecule has 1 N–H and O–H groups in total. The molecule has 4 aromatic rings. The van der Waals surface area contributed by atoms with E-state index < -0.39 is 10.9 Å². The van der Waals surface area contributed by atoms with Crippen LogP contribution in [0.25, 0.3) is 5.69 Å². The maximum Gasteiger partial charge on any atom is 0.335 e. The topological polar surface area (TPSA) is 120 Å². The van der Waals surface area contributed by atoms with Crippen molar-refractivity contribution in [3.05, 3.63) is 106 Å². The first-order valence-corrected chi connectivity index (χ1v) is 10.3. The van der Waals surface area contributed by atoms with E-state index in [1.165, 1.54) is 24.3 Å². The molecule has 0 saturated carbocycles. The fourth-order valence-electron chi connectivity index (χ4n) is 3.47. The van der Waals surface area contributed by atoms with Crippen molar-refractivity contribution in [2.24, 2.45) is 4.99 Å². The van der Waals surface area contributed by atoms with Crippen LogP contribution < -0.4 is 4.74 Å². The molecule has 0 spiro atoms. The summed E-state index contributed by atoms with van der Waals surface area (Å²) in [6.07, 6.45) is 2.91. The van der Waals surface area contributed by atoms with Gasteiger partial charge in [-0.2, -0.15) is 0 Å². The van der Waals surface area contributed by atoms with Gasteiger partial charge in [0.05, 0.1) is 16.2 Å². The summed E-state index contributed by atoms with van der Waals surface area (Å²) in [7, 11) is 0. The van der Waals surface area contributed by atoms with Crippen molar-refractivity contribution in [2.45, 2.75) is 13.8 Å². The summed E-state index contributed by atoms with van der Waals surface area (Å²) in [4.78, 5) is 29.6. The van der Waals surface area contributed by atoms with E-state index in [1.807, 2.05) is 32.0 Å². The number of aliphatic imine (C=N–C) groups is 1. The van der Waals surface area contributed by atoms with Crippen LogP contribution in [0.3, 0.4) is 0 Å². The Labute approximate surface area is 194 Å². The molecule has 4 rings (SSSR count). The lowest BCUT2D eigenvalue weighted by atomic mass is 10.2. The molecule has 34 heavy (non-hydrogen) atoms. The first-order valence-electron chi connectivity index (χ1n) is 10.3. The highest BCUT2D eigenvalue weighted by atomic mass is 16.6. The number of nitrogens with zero attached hydrogens (tertiary/aromatic N) is 4. The van der Waals surface area contributed by atoms with Crippen molar-refractivity contribution in [1.29, 1.82) is 0 Å². The Morgan fingerprint density at radius 3 is 2.38 bits per heavy atom. The molecule has 0 aliphatic heterocycles. The second kappa shape index (κ2) is 9.37. The Kier molecular flexibility index (Phi) is 6.18. The van der Waals surface area contributed by atoms with Gasteiger partial charge in [-0.1, -0.05) is 0 Å². The monoisotopic (exact) mass is 456 g/mol. The number of carboxylic acids is 1. The van der Waals surface area contributed by atoms with Gasteiger partial charge < -0.3 is 14.4 Å². The maximum atomic E-state index is 11.0. The van der Waals surface area contributed by atoms with Crippen LogP contribution in [0.1, 0.15) is 27.3 Å². The van der Waals surface area contributed by atoms with E-state index in [4.69, 9.17) is 9.84 Å². The number of pyridine rings is 1. The van der Waals surface area contributed by atoms with Crippen molar-refractivity contribution >= 4 is 23.6 Å². The van der Waals surface area contributed by atoms with Gasteiger partial charge in [-0.15, -0.1) is 0 Å². The molecule has 0 amide bonds. The average molecular weight is 456 g/mol. The summed E-state index contributed by atoms with van der Waals surface area (Å²) < 4.78 is 7.77. The predicted molar refractivity (Wildman–Crippen MR) is 127 cm³/mol. The molecule has 0 unspecified atom stereocenters. The third-order valence-corrected chi connectivity index (χ3v) is 5.19. The molecule has 9 nitrogen and oxygen atoms in total. The molecular weight excluding hydrogens is 436 g/mol. The summed E-state index contributed by atoms with van der Waals surface area (Å²) in [5.74, 6) is -0.153. The van der Waals surface area contributed by atoms with E-state index in [0.29, 0.717) is 11.4 Å². The van der Waals surface area contributed by atoms with Gasteiger partial charge in [0.2, 0.25) is 5.88 Å². The first-order chi connectivity index (χ1) is 16.3. The number of ether oxygens (including phenoxy) is 1. The Morgan fingerprint density at radius 1 is 1.09 bits per heavy atom. The van der Waals surface area contributed by atoms with Crippen molar-refractivity contribution in [3.8, 4) is 17.3 Å². The van der Waals surface area contributed by atoms with Crippen molar-refractivity contribution in [3.63, 3.8) is 0 Å². The molecule has 170 valence electrons. The van der Waals surface area contributed by atoms with E-state index in [9.17, 15) is 14.9 Å². The Bertz CT molecular complexity index is 1370. The average Bonchev–Trinajstić information content (AvgIpc) is 3.11. The first kappa shape index (κ1) is 22.4. The van der Waals surface area contributed by atoms with E-state index in [2.05, 4.69) is 14.5 Å². The fraction of sp³-hybridized carbons (Fsp3) is 0.0800. The second-order valence-corrected chi connectivity index (χ2v) is 7.48. The normalized spacial score (nSPS) is 11.0. The van der Waals surface area contributed by atoms with E-state index in [-0.39, 0.29) is 17.1 Å². The largest absolute Gasteiger partial charge is 0.478 e. The number of hydrogen-bond donors (Lipinski definition) is 1. The zero-order chi connectivity index (χ0) is 24.2.